The van der Waals surface area contributed by atoms with E-state index < -0.39 is 19.9 Å². The topological polar surface area (TPSA) is 65.0 Å². The molecule has 6 heteroatoms. The molecule has 5 nitrogen and oxygen atoms in total. The number of hydrogen-bond donors (Lipinski definition) is 1. The van der Waals surface area contributed by atoms with Crippen molar-refractivity contribution in [1.29, 1.82) is 0 Å². The first-order valence-corrected chi connectivity index (χ1v) is 12.3. The fourth-order valence-corrected chi connectivity index (χ4v) is 8.90. The van der Waals surface area contributed by atoms with Crippen LogP contribution in [0.2, 0.25) is 5.04 Å². The summed E-state index contributed by atoms with van der Waals surface area (Å²) in [6.45, 7) is 6.72. The number of esters is 1. The minimum absolute atomic E-state index is 0.0373. The molecule has 1 saturated carbocycles. The highest BCUT2D eigenvalue weighted by atomic mass is 28.4. The van der Waals surface area contributed by atoms with Crippen LogP contribution in [-0.4, -0.2) is 51.9 Å². The highest BCUT2D eigenvalue weighted by Gasteiger charge is 2.60. The second kappa shape index (κ2) is 9.02. The standard InChI is InChI=1S/C24H32O5Si/c1-23(2,3)30(20-11-7-5-8-12-20,21-13-9-6-10-14-21)28-18-24(15-19(24)16-25)29-22(26)17-27-4/h5-14,19,25H,15-18H2,1-4H3/t19-,24-/m0/s1. The zero-order valence-electron chi connectivity index (χ0n) is 18.3. The summed E-state index contributed by atoms with van der Waals surface area (Å²) in [5.41, 5.74) is -0.794. The highest BCUT2D eigenvalue weighted by molar-refractivity contribution is 6.99. The molecule has 1 aliphatic rings. The number of ether oxygens (including phenoxy) is 2. The first-order valence-electron chi connectivity index (χ1n) is 10.4. The van der Waals surface area contributed by atoms with Gasteiger partial charge in [-0.05, 0) is 21.8 Å². The second-order valence-corrected chi connectivity index (χ2v) is 13.3. The fraction of sp³-hybridized carbons (Fsp3) is 0.458. The van der Waals surface area contributed by atoms with Gasteiger partial charge in [0.2, 0.25) is 0 Å². The van der Waals surface area contributed by atoms with Crippen molar-refractivity contribution in [3.63, 3.8) is 0 Å². The Balaban J connectivity index is 2.00. The van der Waals surface area contributed by atoms with E-state index in [4.69, 9.17) is 13.9 Å². The Hall–Kier alpha value is -1.99. The molecular formula is C24H32O5Si. The van der Waals surface area contributed by atoms with E-state index >= 15 is 0 Å². The van der Waals surface area contributed by atoms with Gasteiger partial charge >= 0.3 is 5.97 Å². The van der Waals surface area contributed by atoms with Gasteiger partial charge in [-0.15, -0.1) is 0 Å². The third-order valence-electron chi connectivity index (χ3n) is 5.93. The molecule has 0 spiro atoms. The zero-order valence-corrected chi connectivity index (χ0v) is 19.3. The number of methoxy groups -OCH3 is 1. The summed E-state index contributed by atoms with van der Waals surface area (Å²) in [5.74, 6) is -0.545. The molecule has 2 aromatic carbocycles. The van der Waals surface area contributed by atoms with Crippen LogP contribution >= 0.6 is 0 Å². The van der Waals surface area contributed by atoms with Crippen LogP contribution in [0, 0.1) is 5.92 Å². The molecule has 0 bridgehead atoms. The first-order chi connectivity index (χ1) is 14.3. The summed E-state index contributed by atoms with van der Waals surface area (Å²) in [6.07, 6.45) is 0.594. The zero-order chi connectivity index (χ0) is 21.8. The first kappa shape index (κ1) is 22.7. The van der Waals surface area contributed by atoms with Crippen molar-refractivity contribution in [2.24, 2.45) is 5.92 Å². The summed E-state index contributed by atoms with van der Waals surface area (Å²) < 4.78 is 17.6. The molecular weight excluding hydrogens is 396 g/mol. The summed E-state index contributed by atoms with van der Waals surface area (Å²) in [4.78, 5) is 12.1. The Morgan fingerprint density at radius 1 is 1.07 bits per heavy atom. The van der Waals surface area contributed by atoms with E-state index in [1.807, 2.05) is 36.4 Å². The molecule has 0 unspecified atom stereocenters. The van der Waals surface area contributed by atoms with Crippen LogP contribution in [0.15, 0.2) is 60.7 Å². The monoisotopic (exact) mass is 428 g/mol. The van der Waals surface area contributed by atoms with E-state index in [0.29, 0.717) is 6.42 Å². The Morgan fingerprint density at radius 3 is 2.00 bits per heavy atom. The predicted molar refractivity (Wildman–Crippen MR) is 119 cm³/mol. The van der Waals surface area contributed by atoms with Crippen molar-refractivity contribution in [3.05, 3.63) is 60.7 Å². The highest BCUT2D eigenvalue weighted by Crippen LogP contribution is 2.48. The molecule has 0 heterocycles. The number of benzene rings is 2. The van der Waals surface area contributed by atoms with Crippen LogP contribution in [0.25, 0.3) is 0 Å². The van der Waals surface area contributed by atoms with E-state index in [-0.39, 0.29) is 30.8 Å². The van der Waals surface area contributed by atoms with Crippen molar-refractivity contribution >= 4 is 24.7 Å². The third-order valence-corrected chi connectivity index (χ3v) is 10.9. The lowest BCUT2D eigenvalue weighted by Gasteiger charge is -2.43. The largest absolute Gasteiger partial charge is 0.455 e. The Labute approximate surface area is 180 Å². The smallest absolute Gasteiger partial charge is 0.332 e. The van der Waals surface area contributed by atoms with Gasteiger partial charge in [-0.1, -0.05) is 81.4 Å². The van der Waals surface area contributed by atoms with Crippen LogP contribution in [0.4, 0.5) is 0 Å². The van der Waals surface area contributed by atoms with Gasteiger partial charge in [-0.2, -0.15) is 0 Å². The van der Waals surface area contributed by atoms with E-state index in [1.165, 1.54) is 17.5 Å². The molecule has 0 amide bonds. The average molecular weight is 429 g/mol. The Kier molecular flexibility index (Phi) is 6.82. The Morgan fingerprint density at radius 2 is 1.60 bits per heavy atom. The van der Waals surface area contributed by atoms with Crippen LogP contribution in [-0.2, 0) is 18.7 Å². The number of aliphatic hydroxyl groups excluding tert-OH is 1. The van der Waals surface area contributed by atoms with Crippen molar-refractivity contribution in [2.75, 3.05) is 26.9 Å². The minimum atomic E-state index is -2.74. The molecule has 2 atom stereocenters. The van der Waals surface area contributed by atoms with Crippen molar-refractivity contribution < 1.29 is 23.8 Å². The van der Waals surface area contributed by atoms with Crippen LogP contribution in [0.1, 0.15) is 27.2 Å². The maximum Gasteiger partial charge on any atom is 0.332 e. The van der Waals surface area contributed by atoms with Crippen molar-refractivity contribution in [2.45, 2.75) is 37.8 Å². The lowest BCUT2D eigenvalue weighted by atomic mass is 10.2. The Bertz CT molecular complexity index is 794. The number of carbonyl (C=O) groups excluding carboxylic acids is 1. The van der Waals surface area contributed by atoms with Gasteiger partial charge < -0.3 is 19.0 Å². The lowest BCUT2D eigenvalue weighted by molar-refractivity contribution is -0.159. The number of hydrogen-bond acceptors (Lipinski definition) is 5. The molecule has 0 saturated heterocycles. The van der Waals surface area contributed by atoms with Gasteiger partial charge in [0.05, 0.1) is 6.61 Å². The number of carbonyl (C=O) groups is 1. The molecule has 2 aromatic rings. The van der Waals surface area contributed by atoms with E-state index in [9.17, 15) is 9.90 Å². The summed E-state index contributed by atoms with van der Waals surface area (Å²) in [7, 11) is -1.27. The predicted octanol–water partition coefficient (Wildman–Crippen LogP) is 2.50. The quantitative estimate of drug-likeness (QED) is 0.491. The van der Waals surface area contributed by atoms with Crippen LogP contribution < -0.4 is 10.4 Å². The van der Waals surface area contributed by atoms with Crippen LogP contribution in [0.5, 0.6) is 0 Å². The van der Waals surface area contributed by atoms with E-state index in [1.54, 1.807) is 0 Å². The van der Waals surface area contributed by atoms with E-state index in [2.05, 4.69) is 45.0 Å². The van der Waals surface area contributed by atoms with Gasteiger partial charge in [0.1, 0.15) is 12.2 Å². The number of aliphatic hydroxyl groups is 1. The summed E-state index contributed by atoms with van der Waals surface area (Å²) in [5, 5.41) is 11.9. The maximum atomic E-state index is 12.1. The van der Waals surface area contributed by atoms with E-state index in [0.717, 1.165) is 0 Å². The van der Waals surface area contributed by atoms with Crippen molar-refractivity contribution in [3.8, 4) is 0 Å². The van der Waals surface area contributed by atoms with Gasteiger partial charge in [0.25, 0.3) is 8.32 Å². The third kappa shape index (κ3) is 4.37. The molecule has 0 radical (unpaired) electrons. The molecule has 1 aliphatic carbocycles. The van der Waals surface area contributed by atoms with Gasteiger partial charge in [0.15, 0.2) is 0 Å². The molecule has 1 N–H and O–H groups in total. The van der Waals surface area contributed by atoms with Crippen molar-refractivity contribution in [1.82, 2.24) is 0 Å². The SMILES string of the molecule is COCC(=O)O[C@]1(CO[Si](c2ccccc2)(c2ccccc2)C(C)(C)C)C[C@H]1CO. The van der Waals surface area contributed by atoms with Gasteiger partial charge in [-0.25, -0.2) is 4.79 Å². The summed E-state index contributed by atoms with van der Waals surface area (Å²) in [6, 6.07) is 20.7. The summed E-state index contributed by atoms with van der Waals surface area (Å²) >= 11 is 0. The molecule has 1 fully saturated rings. The minimum Gasteiger partial charge on any atom is -0.455 e. The molecule has 30 heavy (non-hydrogen) atoms. The fourth-order valence-electron chi connectivity index (χ4n) is 4.29. The molecule has 0 aliphatic heterocycles. The second-order valence-electron chi connectivity index (χ2n) is 9.01. The lowest BCUT2D eigenvalue weighted by Crippen LogP contribution is -2.67. The molecule has 162 valence electrons. The van der Waals surface area contributed by atoms with Gasteiger partial charge in [-0.3, -0.25) is 0 Å². The maximum absolute atomic E-state index is 12.1. The number of rotatable bonds is 9. The molecule has 3 rings (SSSR count). The molecule has 0 aromatic heterocycles. The van der Waals surface area contributed by atoms with Gasteiger partial charge in [0, 0.05) is 19.6 Å². The van der Waals surface area contributed by atoms with Crippen LogP contribution in [0.3, 0.4) is 0 Å². The normalized spacial score (nSPS) is 21.3. The average Bonchev–Trinajstić information content (AvgIpc) is 3.42.